The van der Waals surface area contributed by atoms with Crippen LogP contribution in [0.3, 0.4) is 0 Å². The highest BCUT2D eigenvalue weighted by molar-refractivity contribution is 6.31. The Bertz CT molecular complexity index is 903. The van der Waals surface area contributed by atoms with Crippen LogP contribution in [0, 0.1) is 0 Å². The Balaban J connectivity index is 1.66. The van der Waals surface area contributed by atoms with E-state index in [0.29, 0.717) is 30.0 Å². The highest BCUT2D eigenvalue weighted by Crippen LogP contribution is 2.51. The molecule has 162 valence electrons. The number of aliphatic hydroxyl groups is 3. The van der Waals surface area contributed by atoms with E-state index in [-0.39, 0.29) is 6.61 Å². The van der Waals surface area contributed by atoms with E-state index < -0.39 is 29.7 Å². The second-order valence-electron chi connectivity index (χ2n) is 7.92. The second-order valence-corrected chi connectivity index (χ2v) is 8.32. The summed E-state index contributed by atoms with van der Waals surface area (Å²) in [6, 6.07) is 13.1. The molecule has 2 heterocycles. The smallest absolute Gasteiger partial charge is 0.225 e. The van der Waals surface area contributed by atoms with Crippen molar-refractivity contribution in [1.82, 2.24) is 0 Å². The van der Waals surface area contributed by atoms with Crippen LogP contribution in [-0.2, 0) is 21.7 Å². The number of benzene rings is 2. The van der Waals surface area contributed by atoms with Crippen LogP contribution in [0.5, 0.6) is 5.75 Å². The van der Waals surface area contributed by atoms with Crippen molar-refractivity contribution < 1.29 is 29.5 Å². The predicted octanol–water partition coefficient (Wildman–Crippen LogP) is 2.77. The first kappa shape index (κ1) is 21.6. The zero-order chi connectivity index (χ0) is 21.5. The first-order valence-corrected chi connectivity index (χ1v) is 10.6. The molecule has 2 aliphatic rings. The molecule has 5 atom stereocenters. The maximum absolute atomic E-state index is 10.8. The molecule has 30 heavy (non-hydrogen) atoms. The molecule has 2 aliphatic heterocycles. The molecule has 2 bridgehead atoms. The van der Waals surface area contributed by atoms with E-state index in [1.807, 2.05) is 44.2 Å². The zero-order valence-electron chi connectivity index (χ0n) is 17.0. The summed E-state index contributed by atoms with van der Waals surface area (Å²) in [5, 5.41) is 32.3. The number of rotatable bonds is 6. The Hall–Kier alpha value is -1.67. The van der Waals surface area contributed by atoms with Crippen molar-refractivity contribution >= 4 is 11.6 Å². The first-order valence-electron chi connectivity index (χ1n) is 10.2. The lowest BCUT2D eigenvalue weighted by molar-refractivity contribution is -0.325. The molecule has 0 unspecified atom stereocenters. The molecule has 0 amide bonds. The highest BCUT2D eigenvalue weighted by Gasteiger charge is 2.66. The van der Waals surface area contributed by atoms with Crippen LogP contribution in [-0.4, -0.2) is 52.4 Å². The molecule has 0 saturated carbocycles. The summed E-state index contributed by atoms with van der Waals surface area (Å²) in [6.07, 6.45) is -3.05. The first-order chi connectivity index (χ1) is 14.3. The average Bonchev–Trinajstić information content (AvgIpc) is 3.14. The third-order valence-corrected chi connectivity index (χ3v) is 6.51. The molecule has 2 aromatic carbocycles. The van der Waals surface area contributed by atoms with Gasteiger partial charge < -0.3 is 29.5 Å². The Morgan fingerprint density at radius 3 is 2.47 bits per heavy atom. The van der Waals surface area contributed by atoms with Crippen LogP contribution < -0.4 is 4.74 Å². The van der Waals surface area contributed by atoms with Crippen LogP contribution in [0.2, 0.25) is 5.02 Å². The molecule has 2 saturated heterocycles. The van der Waals surface area contributed by atoms with Gasteiger partial charge in [-0.05, 0) is 55.2 Å². The molecule has 0 radical (unpaired) electrons. The summed E-state index contributed by atoms with van der Waals surface area (Å²) in [4.78, 5) is 0. The van der Waals surface area contributed by atoms with Gasteiger partial charge in [0.05, 0.1) is 13.2 Å². The second kappa shape index (κ2) is 8.11. The van der Waals surface area contributed by atoms with Crippen molar-refractivity contribution in [3.63, 3.8) is 0 Å². The van der Waals surface area contributed by atoms with Crippen molar-refractivity contribution in [2.24, 2.45) is 0 Å². The quantitative estimate of drug-likeness (QED) is 0.648. The zero-order valence-corrected chi connectivity index (χ0v) is 17.8. The van der Waals surface area contributed by atoms with Crippen LogP contribution in [0.4, 0.5) is 0 Å². The highest BCUT2D eigenvalue weighted by atomic mass is 35.5. The molecular weight excluding hydrogens is 408 g/mol. The molecule has 2 fully saturated rings. The normalized spacial score (nSPS) is 32.9. The van der Waals surface area contributed by atoms with Gasteiger partial charge in [-0.15, -0.1) is 0 Å². The lowest BCUT2D eigenvalue weighted by Crippen LogP contribution is -2.64. The summed E-state index contributed by atoms with van der Waals surface area (Å²) < 4.78 is 17.6. The fourth-order valence-electron chi connectivity index (χ4n) is 4.30. The summed E-state index contributed by atoms with van der Waals surface area (Å²) in [6.45, 7) is 4.48. The summed E-state index contributed by atoms with van der Waals surface area (Å²) in [7, 11) is 0. The monoisotopic (exact) mass is 434 g/mol. The van der Waals surface area contributed by atoms with Crippen molar-refractivity contribution in [2.75, 3.05) is 13.2 Å². The van der Waals surface area contributed by atoms with Crippen molar-refractivity contribution in [1.29, 1.82) is 0 Å². The minimum absolute atomic E-state index is 0.0790. The molecule has 0 aliphatic carbocycles. The lowest BCUT2D eigenvalue weighted by Gasteiger charge is -2.46. The SMILES string of the molecule is CCOc1ccc(Cc2cc([C@]34OC[C@](CC)(O3)[C@@H](O)[C@H](O)[C@H]4O)ccc2Cl)cc1. The number of ether oxygens (including phenoxy) is 3. The lowest BCUT2D eigenvalue weighted by atomic mass is 9.82. The Morgan fingerprint density at radius 2 is 1.80 bits per heavy atom. The summed E-state index contributed by atoms with van der Waals surface area (Å²) in [5.41, 5.74) is 1.38. The topological polar surface area (TPSA) is 88.4 Å². The Labute approximate surface area is 181 Å². The van der Waals surface area contributed by atoms with Gasteiger partial charge >= 0.3 is 0 Å². The fraction of sp³-hybridized carbons (Fsp3) is 0.478. The van der Waals surface area contributed by atoms with Gasteiger partial charge in [-0.1, -0.05) is 36.7 Å². The molecular formula is C23H27ClO6. The van der Waals surface area contributed by atoms with Crippen molar-refractivity contribution in [3.05, 3.63) is 64.2 Å². The van der Waals surface area contributed by atoms with Gasteiger partial charge in [0.1, 0.15) is 29.7 Å². The van der Waals surface area contributed by atoms with E-state index in [1.54, 1.807) is 12.1 Å². The van der Waals surface area contributed by atoms with Gasteiger partial charge in [0.15, 0.2) is 0 Å². The minimum Gasteiger partial charge on any atom is -0.494 e. The van der Waals surface area contributed by atoms with Gasteiger partial charge in [-0.3, -0.25) is 0 Å². The third-order valence-electron chi connectivity index (χ3n) is 6.14. The van der Waals surface area contributed by atoms with Gasteiger partial charge in [0.2, 0.25) is 5.79 Å². The number of aliphatic hydroxyl groups excluding tert-OH is 3. The predicted molar refractivity (Wildman–Crippen MR) is 112 cm³/mol. The minimum atomic E-state index is -1.55. The van der Waals surface area contributed by atoms with Crippen molar-refractivity contribution in [3.8, 4) is 5.75 Å². The summed E-state index contributed by atoms with van der Waals surface area (Å²) >= 11 is 6.45. The summed E-state index contributed by atoms with van der Waals surface area (Å²) in [5.74, 6) is -0.742. The average molecular weight is 435 g/mol. The van der Waals surface area contributed by atoms with E-state index in [2.05, 4.69) is 0 Å². The maximum Gasteiger partial charge on any atom is 0.225 e. The van der Waals surface area contributed by atoms with Crippen LogP contribution in [0.25, 0.3) is 0 Å². The van der Waals surface area contributed by atoms with Crippen LogP contribution >= 0.6 is 11.6 Å². The van der Waals surface area contributed by atoms with Gasteiger partial charge in [-0.2, -0.15) is 0 Å². The van der Waals surface area contributed by atoms with Gasteiger partial charge in [0.25, 0.3) is 0 Å². The fourth-order valence-corrected chi connectivity index (χ4v) is 4.49. The largest absolute Gasteiger partial charge is 0.494 e. The third kappa shape index (κ3) is 3.42. The standard InChI is InChI=1S/C23H27ClO6/c1-3-22-13-29-23(30-22,21(27)19(25)20(22)26)16-7-10-18(24)15(12-16)11-14-5-8-17(9-6-14)28-4-2/h5-10,12,19-21,25-27H,3-4,11,13H2,1-2H3/t19-,20-,21+,22-,23-/m0/s1. The molecule has 2 aromatic rings. The molecule has 7 heteroatoms. The van der Waals surface area contributed by atoms with Crippen molar-refractivity contribution in [2.45, 2.75) is 56.4 Å². The van der Waals surface area contributed by atoms with E-state index >= 15 is 0 Å². The van der Waals surface area contributed by atoms with Gasteiger partial charge in [-0.25, -0.2) is 0 Å². The number of hydrogen-bond donors (Lipinski definition) is 3. The van der Waals surface area contributed by atoms with E-state index in [9.17, 15) is 15.3 Å². The Morgan fingerprint density at radius 1 is 1.07 bits per heavy atom. The van der Waals surface area contributed by atoms with Crippen LogP contribution in [0.1, 0.15) is 37.0 Å². The number of halogens is 1. The maximum atomic E-state index is 10.8. The number of fused-ring (bicyclic) bond motifs is 2. The van der Waals surface area contributed by atoms with E-state index in [4.69, 9.17) is 25.8 Å². The molecule has 0 aromatic heterocycles. The molecule has 4 rings (SSSR count). The van der Waals surface area contributed by atoms with Gasteiger partial charge in [0, 0.05) is 10.6 Å². The molecule has 6 nitrogen and oxygen atoms in total. The van der Waals surface area contributed by atoms with E-state index in [0.717, 1.165) is 16.9 Å². The van der Waals surface area contributed by atoms with Crippen LogP contribution in [0.15, 0.2) is 42.5 Å². The number of hydrogen-bond acceptors (Lipinski definition) is 6. The Kier molecular flexibility index (Phi) is 5.83. The molecule has 0 spiro atoms. The van der Waals surface area contributed by atoms with E-state index in [1.165, 1.54) is 0 Å². The molecule has 3 N–H and O–H groups in total.